The molecule has 3 amide bonds. The lowest BCUT2D eigenvalue weighted by atomic mass is 9.91. The predicted molar refractivity (Wildman–Crippen MR) is 94.2 cm³/mol. The van der Waals surface area contributed by atoms with Crippen molar-refractivity contribution in [2.75, 3.05) is 13.1 Å². The molecule has 6 heteroatoms. The maximum atomic E-state index is 12.7. The van der Waals surface area contributed by atoms with E-state index < -0.39 is 12.1 Å². The number of rotatable bonds is 5. The van der Waals surface area contributed by atoms with Crippen LogP contribution in [-0.4, -0.2) is 36.0 Å². The first-order valence-corrected chi connectivity index (χ1v) is 8.53. The van der Waals surface area contributed by atoms with Gasteiger partial charge in [0.05, 0.1) is 12.5 Å². The summed E-state index contributed by atoms with van der Waals surface area (Å²) in [5.41, 5.74) is 13.2. The number of urea groups is 1. The second-order valence-corrected chi connectivity index (χ2v) is 6.72. The van der Waals surface area contributed by atoms with Crippen molar-refractivity contribution in [3.8, 4) is 0 Å². The predicted octanol–water partition coefficient (Wildman–Crippen LogP) is 1.68. The second kappa shape index (κ2) is 8.15. The van der Waals surface area contributed by atoms with Crippen LogP contribution in [0.15, 0.2) is 24.3 Å². The fourth-order valence-corrected chi connectivity index (χ4v) is 3.36. The molecule has 1 aliphatic rings. The van der Waals surface area contributed by atoms with Gasteiger partial charge in [-0.1, -0.05) is 24.3 Å². The van der Waals surface area contributed by atoms with E-state index in [1.807, 2.05) is 43.0 Å². The number of hydrogen-bond acceptors (Lipinski definition) is 3. The average molecular weight is 332 g/mol. The number of likely N-dealkylation sites (tertiary alicyclic amines) is 1. The molecule has 132 valence electrons. The highest BCUT2D eigenvalue weighted by molar-refractivity contribution is 5.79. The zero-order valence-corrected chi connectivity index (χ0v) is 14.5. The maximum absolute atomic E-state index is 12.7. The van der Waals surface area contributed by atoms with Gasteiger partial charge in [-0.3, -0.25) is 4.79 Å². The van der Waals surface area contributed by atoms with Gasteiger partial charge in [0.15, 0.2) is 0 Å². The molecule has 5 N–H and O–H groups in total. The molecule has 0 bridgehead atoms. The number of primary amides is 1. The average Bonchev–Trinajstić information content (AvgIpc) is 2.54. The summed E-state index contributed by atoms with van der Waals surface area (Å²) in [5, 5.41) is 2.71. The van der Waals surface area contributed by atoms with Gasteiger partial charge < -0.3 is 21.7 Å². The lowest BCUT2D eigenvalue weighted by Crippen LogP contribution is -2.46. The zero-order valence-electron chi connectivity index (χ0n) is 14.5. The molecule has 0 aromatic heterocycles. The van der Waals surface area contributed by atoms with Crippen LogP contribution in [0.3, 0.4) is 0 Å². The normalized spacial score (nSPS) is 20.3. The van der Waals surface area contributed by atoms with E-state index in [1.165, 1.54) is 0 Å². The van der Waals surface area contributed by atoms with Crippen molar-refractivity contribution in [3.63, 3.8) is 0 Å². The first kappa shape index (κ1) is 18.3. The van der Waals surface area contributed by atoms with Crippen LogP contribution in [0.4, 0.5) is 4.79 Å². The first-order chi connectivity index (χ1) is 11.4. The van der Waals surface area contributed by atoms with E-state index in [2.05, 4.69) is 5.32 Å². The standard InChI is InChI=1S/C18H28N4O2/c1-12-6-3-4-8-15(12)16(21-18(20)24)10-17(23)22-9-5-7-14(11-22)13(2)19/h3-4,6,8,13-14,16H,5,7,9-11,19H2,1-2H3,(H3,20,21,24). The van der Waals surface area contributed by atoms with Crippen molar-refractivity contribution >= 4 is 11.9 Å². The summed E-state index contributed by atoms with van der Waals surface area (Å²) in [6, 6.07) is 6.76. The largest absolute Gasteiger partial charge is 0.352 e. The fourth-order valence-electron chi connectivity index (χ4n) is 3.36. The lowest BCUT2D eigenvalue weighted by Gasteiger charge is -2.35. The molecule has 0 radical (unpaired) electrons. The Balaban J connectivity index is 2.10. The minimum absolute atomic E-state index is 0.0300. The molecular weight excluding hydrogens is 304 g/mol. The first-order valence-electron chi connectivity index (χ1n) is 8.53. The van der Waals surface area contributed by atoms with Gasteiger partial charge in [0, 0.05) is 19.1 Å². The summed E-state index contributed by atoms with van der Waals surface area (Å²) < 4.78 is 0. The molecule has 1 aromatic carbocycles. The van der Waals surface area contributed by atoms with Gasteiger partial charge in [-0.2, -0.15) is 0 Å². The van der Waals surface area contributed by atoms with Crippen LogP contribution in [0.1, 0.15) is 43.4 Å². The summed E-state index contributed by atoms with van der Waals surface area (Å²) in [7, 11) is 0. The summed E-state index contributed by atoms with van der Waals surface area (Å²) in [6.45, 7) is 5.39. The molecule has 1 heterocycles. The molecule has 0 saturated carbocycles. The molecule has 3 unspecified atom stereocenters. The summed E-state index contributed by atoms with van der Waals surface area (Å²) in [6.07, 6.45) is 2.23. The third-order valence-corrected chi connectivity index (χ3v) is 4.81. The number of benzene rings is 1. The number of aryl methyl sites for hydroxylation is 1. The van der Waals surface area contributed by atoms with Crippen molar-refractivity contribution in [2.24, 2.45) is 17.4 Å². The Morgan fingerprint density at radius 3 is 2.71 bits per heavy atom. The van der Waals surface area contributed by atoms with Crippen LogP contribution in [0, 0.1) is 12.8 Å². The number of carbonyl (C=O) groups excluding carboxylic acids is 2. The number of carbonyl (C=O) groups is 2. The van der Waals surface area contributed by atoms with E-state index >= 15 is 0 Å². The number of piperidine rings is 1. The van der Waals surface area contributed by atoms with Gasteiger partial charge in [0.1, 0.15) is 0 Å². The van der Waals surface area contributed by atoms with E-state index in [9.17, 15) is 9.59 Å². The van der Waals surface area contributed by atoms with Crippen molar-refractivity contribution in [1.29, 1.82) is 0 Å². The molecule has 0 spiro atoms. The molecule has 1 fully saturated rings. The van der Waals surface area contributed by atoms with Crippen LogP contribution in [0.25, 0.3) is 0 Å². The van der Waals surface area contributed by atoms with Crippen molar-refractivity contribution in [2.45, 2.75) is 45.2 Å². The Bertz CT molecular complexity index is 588. The molecule has 0 aliphatic carbocycles. The zero-order chi connectivity index (χ0) is 17.7. The topological polar surface area (TPSA) is 101 Å². The van der Waals surface area contributed by atoms with Crippen molar-refractivity contribution in [3.05, 3.63) is 35.4 Å². The molecular formula is C18H28N4O2. The molecule has 1 saturated heterocycles. The number of nitrogens with zero attached hydrogens (tertiary/aromatic N) is 1. The summed E-state index contributed by atoms with van der Waals surface area (Å²) >= 11 is 0. The third-order valence-electron chi connectivity index (χ3n) is 4.81. The monoisotopic (exact) mass is 332 g/mol. The van der Waals surface area contributed by atoms with Gasteiger partial charge in [-0.25, -0.2) is 4.79 Å². The van der Waals surface area contributed by atoms with E-state index in [0.29, 0.717) is 12.5 Å². The number of amides is 3. The van der Waals surface area contributed by atoms with Crippen molar-refractivity contribution < 1.29 is 9.59 Å². The molecule has 2 rings (SSSR count). The van der Waals surface area contributed by atoms with Gasteiger partial charge in [-0.15, -0.1) is 0 Å². The second-order valence-electron chi connectivity index (χ2n) is 6.72. The molecule has 6 nitrogen and oxygen atoms in total. The van der Waals surface area contributed by atoms with E-state index in [-0.39, 0.29) is 18.4 Å². The number of nitrogens with two attached hydrogens (primary N) is 2. The molecule has 1 aromatic rings. The van der Waals surface area contributed by atoms with Crippen LogP contribution in [0.5, 0.6) is 0 Å². The SMILES string of the molecule is Cc1ccccc1C(CC(=O)N1CCCC(C(C)N)C1)NC(N)=O. The minimum Gasteiger partial charge on any atom is -0.352 e. The summed E-state index contributed by atoms with van der Waals surface area (Å²) in [5.74, 6) is 0.367. The summed E-state index contributed by atoms with van der Waals surface area (Å²) in [4.78, 5) is 26.0. The Morgan fingerprint density at radius 1 is 1.38 bits per heavy atom. The van der Waals surface area contributed by atoms with E-state index in [4.69, 9.17) is 11.5 Å². The molecule has 3 atom stereocenters. The number of nitrogens with one attached hydrogen (secondary N) is 1. The van der Waals surface area contributed by atoms with Gasteiger partial charge in [0.2, 0.25) is 5.91 Å². The van der Waals surface area contributed by atoms with E-state index in [1.54, 1.807) is 0 Å². The fraction of sp³-hybridized carbons (Fsp3) is 0.556. The Hall–Kier alpha value is -2.08. The Labute approximate surface area is 143 Å². The lowest BCUT2D eigenvalue weighted by molar-refractivity contribution is -0.133. The van der Waals surface area contributed by atoms with Crippen LogP contribution < -0.4 is 16.8 Å². The number of hydrogen-bond donors (Lipinski definition) is 3. The quantitative estimate of drug-likeness (QED) is 0.764. The van der Waals surface area contributed by atoms with Crippen LogP contribution in [0.2, 0.25) is 0 Å². The molecule has 1 aliphatic heterocycles. The van der Waals surface area contributed by atoms with Crippen LogP contribution in [-0.2, 0) is 4.79 Å². The van der Waals surface area contributed by atoms with Crippen LogP contribution >= 0.6 is 0 Å². The highest BCUT2D eigenvalue weighted by Gasteiger charge is 2.28. The van der Waals surface area contributed by atoms with E-state index in [0.717, 1.165) is 30.5 Å². The minimum atomic E-state index is -0.622. The third kappa shape index (κ3) is 4.71. The highest BCUT2D eigenvalue weighted by atomic mass is 16.2. The smallest absolute Gasteiger partial charge is 0.312 e. The molecule has 24 heavy (non-hydrogen) atoms. The van der Waals surface area contributed by atoms with Gasteiger partial charge in [0.25, 0.3) is 0 Å². The van der Waals surface area contributed by atoms with Gasteiger partial charge >= 0.3 is 6.03 Å². The Morgan fingerprint density at radius 2 is 2.08 bits per heavy atom. The Kier molecular flexibility index (Phi) is 6.20. The maximum Gasteiger partial charge on any atom is 0.312 e. The highest BCUT2D eigenvalue weighted by Crippen LogP contribution is 2.24. The van der Waals surface area contributed by atoms with Crippen molar-refractivity contribution in [1.82, 2.24) is 10.2 Å². The van der Waals surface area contributed by atoms with Gasteiger partial charge in [-0.05, 0) is 43.7 Å².